The van der Waals surface area contributed by atoms with Crippen molar-refractivity contribution in [2.24, 2.45) is 5.92 Å². The van der Waals surface area contributed by atoms with Gasteiger partial charge < -0.3 is 19.3 Å². The van der Waals surface area contributed by atoms with Crippen LogP contribution in [0.3, 0.4) is 0 Å². The molecule has 0 amide bonds. The van der Waals surface area contributed by atoms with E-state index in [1.807, 2.05) is 39.8 Å². The molecule has 2 bridgehead atoms. The fourth-order valence-corrected chi connectivity index (χ4v) is 5.40. The lowest BCUT2D eigenvalue weighted by Crippen LogP contribution is -2.49. The number of para-hydroxylation sites is 1. The van der Waals surface area contributed by atoms with Crippen molar-refractivity contribution in [1.82, 2.24) is 14.0 Å². The zero-order chi connectivity index (χ0) is 21.7. The van der Waals surface area contributed by atoms with Crippen LogP contribution in [0.4, 0.5) is 0 Å². The van der Waals surface area contributed by atoms with Crippen LogP contribution in [-0.4, -0.2) is 49.3 Å². The van der Waals surface area contributed by atoms with Crippen LogP contribution in [0.25, 0.3) is 10.9 Å². The van der Waals surface area contributed by atoms with E-state index in [0.717, 1.165) is 17.5 Å². The van der Waals surface area contributed by atoms with Crippen LogP contribution in [0.5, 0.6) is 0 Å². The SMILES string of the molecule is O=C(O)Cn1cc(C(C(=O)O)N2C[C@H]3C[C@@H](C2)c2cccc(=O)n2C3)c2ccccc21. The summed E-state index contributed by atoms with van der Waals surface area (Å²) in [6, 6.07) is 11.7. The highest BCUT2D eigenvalue weighted by Crippen LogP contribution is 2.40. The minimum atomic E-state index is -0.978. The molecule has 0 radical (unpaired) electrons. The van der Waals surface area contributed by atoms with E-state index in [1.165, 1.54) is 0 Å². The summed E-state index contributed by atoms with van der Waals surface area (Å²) in [6.45, 7) is 1.48. The van der Waals surface area contributed by atoms with E-state index in [-0.39, 0.29) is 23.9 Å². The molecule has 2 aliphatic rings. The molecular weight excluding hydrogens is 398 g/mol. The molecule has 1 aromatic carbocycles. The minimum Gasteiger partial charge on any atom is -0.480 e. The molecule has 31 heavy (non-hydrogen) atoms. The largest absolute Gasteiger partial charge is 0.480 e. The van der Waals surface area contributed by atoms with Crippen LogP contribution in [-0.2, 0) is 22.7 Å². The van der Waals surface area contributed by atoms with E-state index >= 15 is 0 Å². The molecule has 8 nitrogen and oxygen atoms in total. The van der Waals surface area contributed by atoms with Gasteiger partial charge in [0.1, 0.15) is 12.6 Å². The highest BCUT2D eigenvalue weighted by Gasteiger charge is 2.40. The number of benzene rings is 1. The molecule has 1 fully saturated rings. The molecule has 0 aliphatic carbocycles. The first-order valence-corrected chi connectivity index (χ1v) is 10.4. The van der Waals surface area contributed by atoms with Crippen LogP contribution in [0.2, 0.25) is 0 Å². The van der Waals surface area contributed by atoms with Crippen molar-refractivity contribution in [3.8, 4) is 0 Å². The first kappa shape index (κ1) is 19.6. The van der Waals surface area contributed by atoms with Crippen molar-refractivity contribution in [3.63, 3.8) is 0 Å². The second-order valence-corrected chi connectivity index (χ2v) is 8.52. The Balaban J connectivity index is 1.56. The second-order valence-electron chi connectivity index (χ2n) is 8.52. The maximum atomic E-state index is 12.5. The number of nitrogens with zero attached hydrogens (tertiary/aromatic N) is 3. The van der Waals surface area contributed by atoms with Crippen LogP contribution < -0.4 is 5.56 Å². The Kier molecular flexibility index (Phi) is 4.66. The van der Waals surface area contributed by atoms with Gasteiger partial charge in [0.25, 0.3) is 5.56 Å². The third-order valence-electron chi connectivity index (χ3n) is 6.53. The van der Waals surface area contributed by atoms with Gasteiger partial charge in [0.15, 0.2) is 0 Å². The maximum absolute atomic E-state index is 12.5. The lowest BCUT2D eigenvalue weighted by atomic mass is 9.82. The van der Waals surface area contributed by atoms with Crippen molar-refractivity contribution < 1.29 is 19.8 Å². The van der Waals surface area contributed by atoms with Crippen LogP contribution in [0.15, 0.2) is 53.5 Å². The number of hydrogen-bond donors (Lipinski definition) is 2. The highest BCUT2D eigenvalue weighted by molar-refractivity contribution is 5.90. The average Bonchev–Trinajstić information content (AvgIpc) is 3.06. The third-order valence-corrected chi connectivity index (χ3v) is 6.53. The van der Waals surface area contributed by atoms with Crippen molar-refractivity contribution in [2.75, 3.05) is 13.1 Å². The number of rotatable bonds is 5. The summed E-state index contributed by atoms with van der Waals surface area (Å²) in [5, 5.41) is 20.2. The zero-order valence-electron chi connectivity index (χ0n) is 16.8. The fraction of sp³-hybridized carbons (Fsp3) is 0.348. The van der Waals surface area contributed by atoms with E-state index in [9.17, 15) is 24.6 Å². The zero-order valence-corrected chi connectivity index (χ0v) is 16.8. The van der Waals surface area contributed by atoms with E-state index in [0.29, 0.717) is 30.7 Å². The molecule has 2 N–H and O–H groups in total. The molecule has 2 aliphatic heterocycles. The number of aliphatic carboxylic acids is 2. The Morgan fingerprint density at radius 3 is 2.61 bits per heavy atom. The predicted octanol–water partition coefficient (Wildman–Crippen LogP) is 2.13. The van der Waals surface area contributed by atoms with Gasteiger partial charge >= 0.3 is 11.9 Å². The number of piperidine rings is 1. The number of carboxylic acids is 2. The first-order valence-electron chi connectivity index (χ1n) is 10.4. The monoisotopic (exact) mass is 421 g/mol. The lowest BCUT2D eigenvalue weighted by Gasteiger charge is -2.44. The van der Waals surface area contributed by atoms with Crippen molar-refractivity contribution in [3.05, 3.63) is 70.3 Å². The van der Waals surface area contributed by atoms with Crippen LogP contribution in [0.1, 0.15) is 29.6 Å². The molecule has 0 spiro atoms. The van der Waals surface area contributed by atoms with Crippen molar-refractivity contribution >= 4 is 22.8 Å². The maximum Gasteiger partial charge on any atom is 0.325 e. The van der Waals surface area contributed by atoms with Gasteiger partial charge in [-0.3, -0.25) is 19.3 Å². The lowest BCUT2D eigenvalue weighted by molar-refractivity contribution is -0.144. The molecule has 8 heteroatoms. The van der Waals surface area contributed by atoms with Gasteiger partial charge in [0.05, 0.1) is 0 Å². The molecule has 3 atom stereocenters. The van der Waals surface area contributed by atoms with E-state index < -0.39 is 18.0 Å². The van der Waals surface area contributed by atoms with Crippen molar-refractivity contribution in [1.29, 1.82) is 0 Å². The van der Waals surface area contributed by atoms with E-state index in [2.05, 4.69) is 0 Å². The molecular formula is C23H23N3O5. The smallest absolute Gasteiger partial charge is 0.325 e. The Hall–Kier alpha value is -3.39. The molecule has 0 saturated carbocycles. The summed E-state index contributed by atoms with van der Waals surface area (Å²) in [4.78, 5) is 38.1. The summed E-state index contributed by atoms with van der Waals surface area (Å²) in [6.07, 6.45) is 2.60. The second kappa shape index (κ2) is 7.39. The van der Waals surface area contributed by atoms with Gasteiger partial charge in [-0.2, -0.15) is 0 Å². The number of aromatic nitrogens is 2. The molecule has 1 saturated heterocycles. The average molecular weight is 421 g/mol. The standard InChI is InChI=1S/C23H23N3O5/c27-20-7-3-6-18-15-8-14(10-26(18)20)9-25(11-15)22(23(30)31)17-12-24(13-21(28)29)19-5-2-1-4-16(17)19/h1-7,12,14-15,22H,8-11,13H2,(H,28,29)(H,30,31)/t14-,15+,22?/m1/s1. The topological polar surface area (TPSA) is 105 Å². The molecule has 1 unspecified atom stereocenters. The number of pyridine rings is 1. The van der Waals surface area contributed by atoms with E-state index in [4.69, 9.17) is 0 Å². The number of hydrogen-bond acceptors (Lipinski definition) is 4. The summed E-state index contributed by atoms with van der Waals surface area (Å²) in [7, 11) is 0. The Morgan fingerprint density at radius 1 is 1.03 bits per heavy atom. The van der Waals surface area contributed by atoms with Gasteiger partial charge in [-0.25, -0.2) is 0 Å². The van der Waals surface area contributed by atoms with Crippen molar-refractivity contribution in [2.45, 2.75) is 31.5 Å². The summed E-state index contributed by atoms with van der Waals surface area (Å²) in [5.41, 5.74) is 2.27. The minimum absolute atomic E-state index is 0.00724. The number of carbonyl (C=O) groups is 2. The number of likely N-dealkylation sites (tertiary alicyclic amines) is 1. The van der Waals surface area contributed by atoms with Gasteiger partial charge in [-0.1, -0.05) is 24.3 Å². The normalized spacial score (nSPS) is 21.5. The van der Waals surface area contributed by atoms with Gasteiger partial charge in [-0.15, -0.1) is 0 Å². The Bertz CT molecular complexity index is 1240. The molecule has 3 aromatic rings. The molecule has 2 aromatic heterocycles. The first-order chi connectivity index (χ1) is 14.9. The Morgan fingerprint density at radius 2 is 1.84 bits per heavy atom. The number of fused-ring (bicyclic) bond motifs is 5. The van der Waals surface area contributed by atoms with Gasteiger partial charge in [0, 0.05) is 60.0 Å². The van der Waals surface area contributed by atoms with Gasteiger partial charge in [-0.05, 0) is 24.5 Å². The summed E-state index contributed by atoms with van der Waals surface area (Å²) >= 11 is 0. The number of carboxylic acid groups (broad SMARTS) is 2. The predicted molar refractivity (Wildman–Crippen MR) is 113 cm³/mol. The van der Waals surface area contributed by atoms with Crippen LogP contribution >= 0.6 is 0 Å². The highest BCUT2D eigenvalue weighted by atomic mass is 16.4. The van der Waals surface area contributed by atoms with Gasteiger partial charge in [0.2, 0.25) is 0 Å². The summed E-state index contributed by atoms with van der Waals surface area (Å²) < 4.78 is 3.42. The van der Waals surface area contributed by atoms with E-state index in [1.54, 1.807) is 22.9 Å². The quantitative estimate of drug-likeness (QED) is 0.654. The summed E-state index contributed by atoms with van der Waals surface area (Å²) in [5.74, 6) is -1.64. The Labute approximate surface area is 177 Å². The molecule has 4 heterocycles. The third kappa shape index (κ3) is 3.33. The van der Waals surface area contributed by atoms with Crippen LogP contribution in [0, 0.1) is 5.92 Å². The fourth-order valence-electron chi connectivity index (χ4n) is 5.40. The molecule has 160 valence electrons. The molecule has 5 rings (SSSR count).